The van der Waals surface area contributed by atoms with Crippen molar-refractivity contribution < 1.29 is 23.8 Å². The molecule has 0 fully saturated rings. The summed E-state index contributed by atoms with van der Waals surface area (Å²) in [5, 5.41) is 0. The number of esters is 1. The van der Waals surface area contributed by atoms with Crippen LogP contribution in [0, 0.1) is 0 Å². The summed E-state index contributed by atoms with van der Waals surface area (Å²) >= 11 is 0. The first-order valence-corrected chi connectivity index (χ1v) is 7.86. The number of carbonyl (C=O) groups excluding carboxylic acids is 2. The van der Waals surface area contributed by atoms with E-state index in [0.29, 0.717) is 12.0 Å². The number of carbonyl (C=O) groups is 2. The number of ether oxygens (including phenoxy) is 3. The number of cyclic esters (lactones) is 1. The first-order valence-electron chi connectivity index (χ1n) is 7.86. The Kier molecular flexibility index (Phi) is 4.84. The van der Waals surface area contributed by atoms with Gasteiger partial charge in [0.25, 0.3) is 0 Å². The molecule has 0 saturated carbocycles. The molecule has 1 aliphatic heterocycles. The fourth-order valence-corrected chi connectivity index (χ4v) is 2.78. The van der Waals surface area contributed by atoms with E-state index in [1.54, 1.807) is 43.5 Å². The first-order chi connectivity index (χ1) is 12.1. The van der Waals surface area contributed by atoms with E-state index in [0.717, 1.165) is 11.3 Å². The van der Waals surface area contributed by atoms with Crippen LogP contribution in [-0.4, -0.2) is 32.1 Å². The van der Waals surface area contributed by atoms with Crippen LogP contribution in [0.1, 0.15) is 11.1 Å². The van der Waals surface area contributed by atoms with Gasteiger partial charge in [0, 0.05) is 6.42 Å². The number of Topliss-reactive ketones (excluding diaryl/α,β-unsaturated/α-hetero) is 1. The molecule has 128 valence electrons. The highest BCUT2D eigenvalue weighted by molar-refractivity contribution is 6.29. The lowest BCUT2D eigenvalue weighted by atomic mass is 9.92. The average molecular weight is 338 g/mol. The average Bonchev–Trinajstić information content (AvgIpc) is 2.65. The fourth-order valence-electron chi connectivity index (χ4n) is 2.78. The van der Waals surface area contributed by atoms with Crippen LogP contribution in [0.4, 0.5) is 0 Å². The van der Waals surface area contributed by atoms with E-state index >= 15 is 0 Å². The zero-order chi connectivity index (χ0) is 17.8. The van der Waals surface area contributed by atoms with Gasteiger partial charge >= 0.3 is 5.97 Å². The summed E-state index contributed by atoms with van der Waals surface area (Å²) in [5.74, 6) is -0.220. The largest absolute Gasteiger partial charge is 0.497 e. The lowest BCUT2D eigenvalue weighted by Gasteiger charge is -2.25. The highest BCUT2D eigenvalue weighted by Crippen LogP contribution is 2.29. The number of hydrogen-bond acceptors (Lipinski definition) is 5. The summed E-state index contributed by atoms with van der Waals surface area (Å²) in [5.41, 5.74) is 1.78. The molecule has 1 aliphatic rings. The Labute approximate surface area is 145 Å². The summed E-state index contributed by atoms with van der Waals surface area (Å²) < 4.78 is 15.6. The molecule has 0 amide bonds. The van der Waals surface area contributed by atoms with Gasteiger partial charge in [-0.3, -0.25) is 4.79 Å². The minimum Gasteiger partial charge on any atom is -0.497 e. The molecule has 1 heterocycles. The molecular formula is C20H18O5. The maximum atomic E-state index is 12.9. The van der Waals surface area contributed by atoms with Crippen LogP contribution in [0.25, 0.3) is 5.57 Å². The van der Waals surface area contributed by atoms with Crippen LogP contribution in [0.5, 0.6) is 5.75 Å². The highest BCUT2D eigenvalue weighted by atomic mass is 16.6. The van der Waals surface area contributed by atoms with E-state index < -0.39 is 12.1 Å². The van der Waals surface area contributed by atoms with Crippen molar-refractivity contribution in [1.82, 2.24) is 0 Å². The zero-order valence-corrected chi connectivity index (χ0v) is 14.0. The van der Waals surface area contributed by atoms with Crippen LogP contribution in [0.3, 0.4) is 0 Å². The Bertz CT molecular complexity index is 806. The number of methoxy groups -OCH3 is 2. The summed E-state index contributed by atoms with van der Waals surface area (Å²) in [7, 11) is 2.95. The quantitative estimate of drug-likeness (QED) is 0.785. The van der Waals surface area contributed by atoms with E-state index in [2.05, 4.69) is 0 Å². The second-order valence-corrected chi connectivity index (χ2v) is 5.58. The Morgan fingerprint density at radius 2 is 1.60 bits per heavy atom. The van der Waals surface area contributed by atoms with E-state index in [4.69, 9.17) is 14.2 Å². The number of hydrogen-bond donors (Lipinski definition) is 0. The molecule has 0 aliphatic carbocycles. The first kappa shape index (κ1) is 16.8. The van der Waals surface area contributed by atoms with Gasteiger partial charge in [0.15, 0.2) is 6.10 Å². The minimum atomic E-state index is -0.880. The SMILES string of the molecule is COC1=C(c2ccccc2)C(=O)C(Cc2ccc(OC)cc2)OC1=O. The molecule has 0 aromatic heterocycles. The summed E-state index contributed by atoms with van der Waals surface area (Å²) in [6.45, 7) is 0. The summed E-state index contributed by atoms with van der Waals surface area (Å²) in [6, 6.07) is 16.3. The third kappa shape index (κ3) is 3.40. The number of rotatable bonds is 5. The molecular weight excluding hydrogens is 320 g/mol. The van der Waals surface area contributed by atoms with Crippen LogP contribution in [0.15, 0.2) is 60.4 Å². The van der Waals surface area contributed by atoms with Gasteiger partial charge in [0.2, 0.25) is 11.5 Å². The second-order valence-electron chi connectivity index (χ2n) is 5.58. The van der Waals surface area contributed by atoms with Gasteiger partial charge in [-0.2, -0.15) is 0 Å². The maximum Gasteiger partial charge on any atom is 0.375 e. The lowest BCUT2D eigenvalue weighted by Crippen LogP contribution is -2.37. The topological polar surface area (TPSA) is 61.8 Å². The molecule has 1 unspecified atom stereocenters. The maximum absolute atomic E-state index is 12.9. The molecule has 0 saturated heterocycles. The highest BCUT2D eigenvalue weighted by Gasteiger charge is 2.38. The molecule has 0 spiro atoms. The van der Waals surface area contributed by atoms with Gasteiger partial charge in [-0.15, -0.1) is 0 Å². The zero-order valence-electron chi connectivity index (χ0n) is 14.0. The van der Waals surface area contributed by atoms with E-state index in [1.165, 1.54) is 7.11 Å². The van der Waals surface area contributed by atoms with Crippen molar-refractivity contribution in [2.24, 2.45) is 0 Å². The molecule has 0 bridgehead atoms. The molecule has 2 aromatic rings. The summed E-state index contributed by atoms with van der Waals surface area (Å²) in [4.78, 5) is 25.2. The van der Waals surface area contributed by atoms with Gasteiger partial charge in [0.05, 0.1) is 19.8 Å². The van der Waals surface area contributed by atoms with Gasteiger partial charge < -0.3 is 14.2 Å². The Morgan fingerprint density at radius 3 is 2.20 bits per heavy atom. The molecule has 5 heteroatoms. The van der Waals surface area contributed by atoms with Gasteiger partial charge in [-0.25, -0.2) is 4.79 Å². The Balaban J connectivity index is 1.92. The van der Waals surface area contributed by atoms with Crippen molar-refractivity contribution in [1.29, 1.82) is 0 Å². The molecule has 5 nitrogen and oxygen atoms in total. The van der Waals surface area contributed by atoms with Crippen LogP contribution >= 0.6 is 0 Å². The summed E-state index contributed by atoms with van der Waals surface area (Å²) in [6.07, 6.45) is -0.586. The van der Waals surface area contributed by atoms with Crippen molar-refractivity contribution in [3.63, 3.8) is 0 Å². The molecule has 25 heavy (non-hydrogen) atoms. The fraction of sp³-hybridized carbons (Fsp3) is 0.200. The van der Waals surface area contributed by atoms with Crippen molar-refractivity contribution in [2.45, 2.75) is 12.5 Å². The van der Waals surface area contributed by atoms with E-state index in [9.17, 15) is 9.59 Å². The molecule has 0 radical (unpaired) electrons. The van der Waals surface area contributed by atoms with Crippen LogP contribution < -0.4 is 4.74 Å². The van der Waals surface area contributed by atoms with Crippen molar-refractivity contribution in [3.05, 3.63) is 71.5 Å². The number of ketones is 1. The van der Waals surface area contributed by atoms with Gasteiger partial charge in [-0.1, -0.05) is 42.5 Å². The van der Waals surface area contributed by atoms with E-state index in [-0.39, 0.29) is 17.1 Å². The van der Waals surface area contributed by atoms with Gasteiger partial charge in [-0.05, 0) is 23.3 Å². The monoisotopic (exact) mass is 338 g/mol. The molecule has 2 aromatic carbocycles. The second kappa shape index (κ2) is 7.21. The lowest BCUT2D eigenvalue weighted by molar-refractivity contribution is -0.154. The smallest absolute Gasteiger partial charge is 0.375 e. The van der Waals surface area contributed by atoms with Crippen molar-refractivity contribution in [3.8, 4) is 5.75 Å². The Morgan fingerprint density at radius 1 is 0.920 bits per heavy atom. The molecule has 0 N–H and O–H groups in total. The van der Waals surface area contributed by atoms with Gasteiger partial charge in [0.1, 0.15) is 5.75 Å². The third-order valence-electron chi connectivity index (χ3n) is 4.05. The number of benzene rings is 2. The Hall–Kier alpha value is -3.08. The predicted molar refractivity (Wildman–Crippen MR) is 92.0 cm³/mol. The predicted octanol–water partition coefficient (Wildman–Crippen LogP) is 2.79. The van der Waals surface area contributed by atoms with Crippen molar-refractivity contribution in [2.75, 3.05) is 14.2 Å². The normalized spacial score (nSPS) is 17.3. The van der Waals surface area contributed by atoms with Crippen molar-refractivity contribution >= 4 is 17.3 Å². The minimum absolute atomic E-state index is 0.0535. The molecule has 3 rings (SSSR count). The third-order valence-corrected chi connectivity index (χ3v) is 4.05. The van der Waals surface area contributed by atoms with Crippen LogP contribution in [-0.2, 0) is 25.5 Å². The van der Waals surface area contributed by atoms with Crippen LogP contribution in [0.2, 0.25) is 0 Å². The molecule has 1 atom stereocenters. The van der Waals surface area contributed by atoms with E-state index in [1.807, 2.05) is 18.2 Å². The standard InChI is InChI=1S/C20H18O5/c1-23-15-10-8-13(9-11-15)12-16-18(21)17(14-6-4-3-5-7-14)19(24-2)20(22)25-16/h3-11,16H,12H2,1-2H3.